The molecule has 0 unspecified atom stereocenters. The molecule has 3 rings (SSSR count). The first kappa shape index (κ1) is 16.2. The number of halogens is 3. The third-order valence-corrected chi connectivity index (χ3v) is 3.91. The summed E-state index contributed by atoms with van der Waals surface area (Å²) >= 11 is 1.06. The van der Waals surface area contributed by atoms with Gasteiger partial charge in [-0.1, -0.05) is 0 Å². The van der Waals surface area contributed by atoms with Crippen molar-refractivity contribution >= 4 is 11.8 Å². The number of hydrogen-bond donors (Lipinski definition) is 0. The van der Waals surface area contributed by atoms with Gasteiger partial charge in [0, 0.05) is 6.20 Å². The quantitative estimate of drug-likeness (QED) is 0.717. The van der Waals surface area contributed by atoms with Crippen LogP contribution in [0, 0.1) is 0 Å². The van der Waals surface area contributed by atoms with E-state index in [1.807, 2.05) is 0 Å². The minimum Gasteiger partial charge on any atom is -0.497 e. The van der Waals surface area contributed by atoms with Crippen LogP contribution in [0.25, 0.3) is 5.69 Å². The molecule has 24 heavy (non-hydrogen) atoms. The summed E-state index contributed by atoms with van der Waals surface area (Å²) in [6.07, 6.45) is -3.63. The smallest absolute Gasteiger partial charge is 0.417 e. The van der Waals surface area contributed by atoms with E-state index in [4.69, 9.17) is 4.74 Å². The Kier molecular flexibility index (Phi) is 4.38. The molecule has 3 aromatic rings. The van der Waals surface area contributed by atoms with E-state index in [0.29, 0.717) is 21.6 Å². The number of pyridine rings is 1. The SMILES string of the molecule is COc1ccc(-n2nnnc2Sc2ccc(C(F)(F)F)cn2)cc1. The number of ether oxygens (including phenoxy) is 1. The van der Waals surface area contributed by atoms with Gasteiger partial charge in [0.1, 0.15) is 10.8 Å². The molecule has 0 spiro atoms. The third-order valence-electron chi connectivity index (χ3n) is 3.02. The Labute approximate surface area is 138 Å². The fraction of sp³-hybridized carbons (Fsp3) is 0.143. The summed E-state index contributed by atoms with van der Waals surface area (Å²) in [5.41, 5.74) is -0.114. The molecule has 0 atom stereocenters. The van der Waals surface area contributed by atoms with Crippen molar-refractivity contribution in [1.29, 1.82) is 0 Å². The highest BCUT2D eigenvalue weighted by atomic mass is 32.2. The second kappa shape index (κ2) is 6.48. The Hall–Kier alpha value is -2.62. The minimum absolute atomic E-state index is 0.354. The number of rotatable bonds is 4. The van der Waals surface area contributed by atoms with Crippen molar-refractivity contribution in [2.75, 3.05) is 7.11 Å². The third kappa shape index (κ3) is 3.48. The molecule has 2 aromatic heterocycles. The molecule has 10 heteroatoms. The predicted octanol–water partition coefficient (Wildman–Crippen LogP) is 3.24. The minimum atomic E-state index is -4.42. The first-order chi connectivity index (χ1) is 11.5. The van der Waals surface area contributed by atoms with E-state index in [1.54, 1.807) is 31.4 Å². The fourth-order valence-corrected chi connectivity index (χ4v) is 2.56. The van der Waals surface area contributed by atoms with Crippen molar-refractivity contribution in [1.82, 2.24) is 25.2 Å². The number of nitrogens with zero attached hydrogens (tertiary/aromatic N) is 5. The summed E-state index contributed by atoms with van der Waals surface area (Å²) in [7, 11) is 1.56. The Morgan fingerprint density at radius 2 is 1.83 bits per heavy atom. The van der Waals surface area contributed by atoms with Crippen molar-refractivity contribution in [3.63, 3.8) is 0 Å². The Morgan fingerprint density at radius 1 is 1.08 bits per heavy atom. The molecule has 0 radical (unpaired) electrons. The largest absolute Gasteiger partial charge is 0.497 e. The van der Waals surface area contributed by atoms with Gasteiger partial charge < -0.3 is 4.74 Å². The lowest BCUT2D eigenvalue weighted by Crippen LogP contribution is -2.05. The molecular weight excluding hydrogens is 343 g/mol. The monoisotopic (exact) mass is 353 g/mol. The molecule has 0 amide bonds. The van der Waals surface area contributed by atoms with Gasteiger partial charge in [0.05, 0.1) is 18.4 Å². The number of alkyl halides is 3. The predicted molar refractivity (Wildman–Crippen MR) is 79.1 cm³/mol. The summed E-state index contributed by atoms with van der Waals surface area (Å²) in [6.45, 7) is 0. The molecule has 124 valence electrons. The van der Waals surface area contributed by atoms with E-state index < -0.39 is 11.7 Å². The lowest BCUT2D eigenvalue weighted by atomic mass is 10.3. The molecule has 0 saturated carbocycles. The lowest BCUT2D eigenvalue weighted by molar-refractivity contribution is -0.137. The Morgan fingerprint density at radius 3 is 2.42 bits per heavy atom. The molecule has 0 aliphatic carbocycles. The topological polar surface area (TPSA) is 65.7 Å². The van der Waals surface area contributed by atoms with E-state index in [0.717, 1.165) is 24.0 Å². The normalized spacial score (nSPS) is 11.5. The molecule has 0 aliphatic rings. The number of aromatic nitrogens is 5. The van der Waals surface area contributed by atoms with Crippen molar-refractivity contribution in [2.45, 2.75) is 16.4 Å². The molecular formula is C14H10F3N5OS. The van der Waals surface area contributed by atoms with Crippen LogP contribution in [-0.4, -0.2) is 32.3 Å². The van der Waals surface area contributed by atoms with E-state index in [9.17, 15) is 13.2 Å². The van der Waals surface area contributed by atoms with Crippen molar-refractivity contribution in [3.05, 3.63) is 48.2 Å². The standard InChI is InChI=1S/C14H10F3N5OS/c1-23-11-5-3-10(4-6-11)22-13(19-20-21-22)24-12-7-2-9(8-18-12)14(15,16)17/h2-8H,1H3. The van der Waals surface area contributed by atoms with Gasteiger partial charge in [-0.3, -0.25) is 0 Å². The number of methoxy groups -OCH3 is 1. The van der Waals surface area contributed by atoms with Crippen LogP contribution in [0.4, 0.5) is 13.2 Å². The van der Waals surface area contributed by atoms with E-state index in [2.05, 4.69) is 20.5 Å². The molecule has 0 bridgehead atoms. The number of tetrazole rings is 1. The van der Waals surface area contributed by atoms with Crippen LogP contribution in [0.5, 0.6) is 5.75 Å². The van der Waals surface area contributed by atoms with Gasteiger partial charge in [-0.15, -0.1) is 5.10 Å². The average Bonchev–Trinajstić information content (AvgIpc) is 3.03. The molecule has 6 nitrogen and oxygen atoms in total. The Bertz CT molecular complexity index is 818. The van der Waals surface area contributed by atoms with E-state index >= 15 is 0 Å². The highest BCUT2D eigenvalue weighted by Crippen LogP contribution is 2.31. The van der Waals surface area contributed by atoms with Crippen LogP contribution in [0.1, 0.15) is 5.56 Å². The van der Waals surface area contributed by atoms with Crippen LogP contribution in [-0.2, 0) is 6.18 Å². The first-order valence-corrected chi connectivity index (χ1v) is 7.43. The molecule has 1 aromatic carbocycles. The summed E-state index contributed by atoms with van der Waals surface area (Å²) < 4.78 is 44.2. The number of hydrogen-bond acceptors (Lipinski definition) is 6. The van der Waals surface area contributed by atoms with Crippen LogP contribution >= 0.6 is 11.8 Å². The highest BCUT2D eigenvalue weighted by molar-refractivity contribution is 7.99. The van der Waals surface area contributed by atoms with E-state index in [1.165, 1.54) is 10.7 Å². The number of benzene rings is 1. The maximum Gasteiger partial charge on any atom is 0.417 e. The zero-order valence-corrected chi connectivity index (χ0v) is 13.0. The second-order valence-corrected chi connectivity index (χ2v) is 5.54. The zero-order valence-electron chi connectivity index (χ0n) is 12.2. The van der Waals surface area contributed by atoms with Gasteiger partial charge in [-0.2, -0.15) is 17.9 Å². The first-order valence-electron chi connectivity index (χ1n) is 6.61. The molecule has 0 N–H and O–H groups in total. The average molecular weight is 353 g/mol. The maximum atomic E-state index is 12.6. The molecule has 0 saturated heterocycles. The van der Waals surface area contributed by atoms with Gasteiger partial charge in [-0.05, 0) is 58.6 Å². The van der Waals surface area contributed by atoms with Crippen LogP contribution in [0.2, 0.25) is 0 Å². The summed E-state index contributed by atoms with van der Waals surface area (Å²) in [4.78, 5) is 3.80. The van der Waals surface area contributed by atoms with Gasteiger partial charge >= 0.3 is 6.18 Å². The maximum absolute atomic E-state index is 12.6. The highest BCUT2D eigenvalue weighted by Gasteiger charge is 2.30. The van der Waals surface area contributed by atoms with Crippen LogP contribution in [0.15, 0.2) is 52.8 Å². The summed E-state index contributed by atoms with van der Waals surface area (Å²) in [5, 5.41) is 12.1. The molecule has 2 heterocycles. The fourth-order valence-electron chi connectivity index (χ4n) is 1.83. The van der Waals surface area contributed by atoms with Crippen molar-refractivity contribution < 1.29 is 17.9 Å². The van der Waals surface area contributed by atoms with Crippen molar-refractivity contribution in [3.8, 4) is 11.4 Å². The summed E-state index contributed by atoms with van der Waals surface area (Å²) in [5.74, 6) is 0.686. The van der Waals surface area contributed by atoms with Crippen LogP contribution < -0.4 is 4.74 Å². The molecule has 0 aliphatic heterocycles. The van der Waals surface area contributed by atoms with Gasteiger partial charge in [-0.25, -0.2) is 4.98 Å². The Balaban J connectivity index is 1.82. The summed E-state index contributed by atoms with van der Waals surface area (Å²) in [6, 6.07) is 9.28. The van der Waals surface area contributed by atoms with Crippen LogP contribution in [0.3, 0.4) is 0 Å². The molecule has 0 fully saturated rings. The van der Waals surface area contributed by atoms with E-state index in [-0.39, 0.29) is 0 Å². The van der Waals surface area contributed by atoms with Gasteiger partial charge in [0.25, 0.3) is 0 Å². The lowest BCUT2D eigenvalue weighted by Gasteiger charge is -2.07. The van der Waals surface area contributed by atoms with Crippen molar-refractivity contribution in [2.24, 2.45) is 0 Å². The second-order valence-electron chi connectivity index (χ2n) is 4.56. The van der Waals surface area contributed by atoms with Gasteiger partial charge in [0.15, 0.2) is 0 Å². The van der Waals surface area contributed by atoms with Gasteiger partial charge in [0.2, 0.25) is 5.16 Å². The zero-order chi connectivity index (χ0) is 17.2.